The second-order valence-corrected chi connectivity index (χ2v) is 4.36. The van der Waals surface area contributed by atoms with Gasteiger partial charge < -0.3 is 15.8 Å². The van der Waals surface area contributed by atoms with Crippen LogP contribution in [0.2, 0.25) is 0 Å². The number of hydrogen-bond acceptors (Lipinski definition) is 4. The van der Waals surface area contributed by atoms with Crippen molar-refractivity contribution in [2.45, 2.75) is 13.1 Å². The predicted octanol–water partition coefficient (Wildman–Crippen LogP) is 0.574. The molecule has 1 amide bonds. The lowest BCUT2D eigenvalue weighted by atomic mass is 10.2. The standard InChI is InChI=1S/C14H18N4O2/c1-18-7-6-12(17-18)9-16-14(19)10-20-13-5-3-2-4-11(13)8-15/h2-7H,8-10,15H2,1H3,(H,16,19). The summed E-state index contributed by atoms with van der Waals surface area (Å²) in [7, 11) is 1.83. The second-order valence-electron chi connectivity index (χ2n) is 4.36. The lowest BCUT2D eigenvalue weighted by Crippen LogP contribution is -2.28. The van der Waals surface area contributed by atoms with Crippen LogP contribution in [0.5, 0.6) is 5.75 Å². The van der Waals surface area contributed by atoms with Gasteiger partial charge in [-0.05, 0) is 12.1 Å². The van der Waals surface area contributed by atoms with Gasteiger partial charge in [0.1, 0.15) is 5.75 Å². The minimum atomic E-state index is -0.192. The zero-order chi connectivity index (χ0) is 14.4. The van der Waals surface area contributed by atoms with Crippen molar-refractivity contribution in [3.8, 4) is 5.75 Å². The summed E-state index contributed by atoms with van der Waals surface area (Å²) in [5, 5.41) is 6.92. The summed E-state index contributed by atoms with van der Waals surface area (Å²) in [6.45, 7) is 0.733. The third-order valence-corrected chi connectivity index (χ3v) is 2.79. The molecule has 0 bridgehead atoms. The van der Waals surface area contributed by atoms with Gasteiger partial charge in [0.2, 0.25) is 0 Å². The van der Waals surface area contributed by atoms with E-state index in [-0.39, 0.29) is 12.5 Å². The van der Waals surface area contributed by atoms with Crippen LogP contribution in [0.25, 0.3) is 0 Å². The van der Waals surface area contributed by atoms with Gasteiger partial charge in [-0.15, -0.1) is 0 Å². The molecule has 0 fully saturated rings. The number of carbonyl (C=O) groups excluding carboxylic acids is 1. The van der Waals surface area contributed by atoms with Gasteiger partial charge in [0.05, 0.1) is 12.2 Å². The molecule has 20 heavy (non-hydrogen) atoms. The largest absolute Gasteiger partial charge is 0.483 e. The van der Waals surface area contributed by atoms with Crippen LogP contribution < -0.4 is 15.8 Å². The first-order chi connectivity index (χ1) is 9.69. The maximum Gasteiger partial charge on any atom is 0.258 e. The Balaban J connectivity index is 1.80. The van der Waals surface area contributed by atoms with E-state index in [0.717, 1.165) is 11.3 Å². The van der Waals surface area contributed by atoms with Crippen LogP contribution in [0.15, 0.2) is 36.5 Å². The molecule has 106 valence electrons. The number of nitrogens with one attached hydrogen (secondary N) is 1. The van der Waals surface area contributed by atoms with Gasteiger partial charge in [-0.1, -0.05) is 18.2 Å². The minimum absolute atomic E-state index is 0.0379. The van der Waals surface area contributed by atoms with E-state index in [4.69, 9.17) is 10.5 Å². The average Bonchev–Trinajstić information content (AvgIpc) is 2.89. The number of hydrogen-bond donors (Lipinski definition) is 2. The van der Waals surface area contributed by atoms with Crippen molar-refractivity contribution in [1.82, 2.24) is 15.1 Å². The minimum Gasteiger partial charge on any atom is -0.483 e. The number of aromatic nitrogens is 2. The number of para-hydroxylation sites is 1. The monoisotopic (exact) mass is 274 g/mol. The van der Waals surface area contributed by atoms with Crippen LogP contribution in [0, 0.1) is 0 Å². The van der Waals surface area contributed by atoms with E-state index in [1.165, 1.54) is 0 Å². The number of aryl methyl sites for hydroxylation is 1. The van der Waals surface area contributed by atoms with Crippen molar-refractivity contribution in [2.24, 2.45) is 12.8 Å². The third kappa shape index (κ3) is 3.83. The summed E-state index contributed by atoms with van der Waals surface area (Å²) in [6, 6.07) is 9.26. The fourth-order valence-corrected chi connectivity index (χ4v) is 1.75. The van der Waals surface area contributed by atoms with Gasteiger partial charge in [0.25, 0.3) is 5.91 Å². The number of benzene rings is 1. The molecule has 6 heteroatoms. The van der Waals surface area contributed by atoms with Gasteiger partial charge in [-0.25, -0.2) is 0 Å². The lowest BCUT2D eigenvalue weighted by Gasteiger charge is -2.09. The van der Waals surface area contributed by atoms with Gasteiger partial charge in [-0.3, -0.25) is 9.48 Å². The number of nitrogens with two attached hydrogens (primary N) is 1. The van der Waals surface area contributed by atoms with Gasteiger partial charge >= 0.3 is 0 Å². The van der Waals surface area contributed by atoms with Crippen molar-refractivity contribution in [1.29, 1.82) is 0 Å². The van der Waals surface area contributed by atoms with Crippen LogP contribution >= 0.6 is 0 Å². The molecule has 1 aromatic carbocycles. The number of amides is 1. The van der Waals surface area contributed by atoms with E-state index in [1.807, 2.05) is 37.5 Å². The molecule has 3 N–H and O–H groups in total. The Kier molecular flexibility index (Phi) is 4.73. The first kappa shape index (κ1) is 14.1. The molecule has 1 heterocycles. The van der Waals surface area contributed by atoms with E-state index in [9.17, 15) is 4.79 Å². The molecule has 0 aliphatic carbocycles. The fraction of sp³-hybridized carbons (Fsp3) is 0.286. The SMILES string of the molecule is Cn1ccc(CNC(=O)COc2ccccc2CN)n1. The topological polar surface area (TPSA) is 82.2 Å². The molecular weight excluding hydrogens is 256 g/mol. The molecule has 2 aromatic rings. The van der Waals surface area contributed by atoms with E-state index in [2.05, 4.69) is 10.4 Å². The first-order valence-corrected chi connectivity index (χ1v) is 6.35. The number of nitrogens with zero attached hydrogens (tertiary/aromatic N) is 2. The van der Waals surface area contributed by atoms with Crippen LogP contribution in [0.4, 0.5) is 0 Å². The van der Waals surface area contributed by atoms with Crippen molar-refractivity contribution >= 4 is 5.91 Å². The van der Waals surface area contributed by atoms with Crippen molar-refractivity contribution in [3.63, 3.8) is 0 Å². The molecule has 0 spiro atoms. The van der Waals surface area contributed by atoms with Crippen LogP contribution in [0.1, 0.15) is 11.3 Å². The van der Waals surface area contributed by atoms with Gasteiger partial charge in [-0.2, -0.15) is 5.10 Å². The molecule has 1 aromatic heterocycles. The fourth-order valence-electron chi connectivity index (χ4n) is 1.75. The normalized spacial score (nSPS) is 10.3. The van der Waals surface area contributed by atoms with Crippen LogP contribution in [0.3, 0.4) is 0 Å². The molecule has 0 aliphatic rings. The molecule has 0 radical (unpaired) electrons. The molecule has 6 nitrogen and oxygen atoms in total. The van der Waals surface area contributed by atoms with Crippen LogP contribution in [-0.2, 0) is 24.9 Å². The molecular formula is C14H18N4O2. The van der Waals surface area contributed by atoms with Gasteiger partial charge in [0, 0.05) is 25.4 Å². The predicted molar refractivity (Wildman–Crippen MR) is 74.9 cm³/mol. The number of rotatable bonds is 6. The maximum absolute atomic E-state index is 11.7. The van der Waals surface area contributed by atoms with E-state index >= 15 is 0 Å². The highest BCUT2D eigenvalue weighted by molar-refractivity contribution is 5.77. The van der Waals surface area contributed by atoms with Crippen molar-refractivity contribution < 1.29 is 9.53 Å². The molecule has 0 saturated carbocycles. The zero-order valence-corrected chi connectivity index (χ0v) is 11.4. The average molecular weight is 274 g/mol. The lowest BCUT2D eigenvalue weighted by molar-refractivity contribution is -0.123. The molecule has 0 aliphatic heterocycles. The highest BCUT2D eigenvalue weighted by Crippen LogP contribution is 2.16. The summed E-state index contributed by atoms with van der Waals surface area (Å²) in [6.07, 6.45) is 1.83. The summed E-state index contributed by atoms with van der Waals surface area (Å²) >= 11 is 0. The highest BCUT2D eigenvalue weighted by Gasteiger charge is 2.06. The smallest absolute Gasteiger partial charge is 0.258 e. The van der Waals surface area contributed by atoms with Crippen molar-refractivity contribution in [2.75, 3.05) is 6.61 Å². The second kappa shape index (κ2) is 6.72. The van der Waals surface area contributed by atoms with Gasteiger partial charge in [0.15, 0.2) is 6.61 Å². The Labute approximate surface area is 117 Å². The zero-order valence-electron chi connectivity index (χ0n) is 11.4. The summed E-state index contributed by atoms with van der Waals surface area (Å²) in [4.78, 5) is 11.7. The maximum atomic E-state index is 11.7. The Bertz CT molecular complexity index is 580. The third-order valence-electron chi connectivity index (χ3n) is 2.79. The molecule has 0 saturated heterocycles. The number of ether oxygens (including phenoxy) is 1. The molecule has 0 atom stereocenters. The quantitative estimate of drug-likeness (QED) is 0.807. The number of carbonyl (C=O) groups is 1. The Morgan fingerprint density at radius 2 is 2.20 bits per heavy atom. The molecule has 0 unspecified atom stereocenters. The summed E-state index contributed by atoms with van der Waals surface area (Å²) < 4.78 is 7.16. The van der Waals surface area contributed by atoms with E-state index < -0.39 is 0 Å². The Morgan fingerprint density at radius 1 is 1.40 bits per heavy atom. The summed E-state index contributed by atoms with van der Waals surface area (Å²) in [5.74, 6) is 0.450. The van der Waals surface area contributed by atoms with Crippen LogP contribution in [-0.4, -0.2) is 22.3 Å². The van der Waals surface area contributed by atoms with E-state index in [0.29, 0.717) is 18.8 Å². The van der Waals surface area contributed by atoms with Crippen molar-refractivity contribution in [3.05, 3.63) is 47.8 Å². The highest BCUT2D eigenvalue weighted by atomic mass is 16.5. The Hall–Kier alpha value is -2.34. The Morgan fingerprint density at radius 3 is 2.90 bits per heavy atom. The van der Waals surface area contributed by atoms with E-state index in [1.54, 1.807) is 10.7 Å². The summed E-state index contributed by atoms with van der Waals surface area (Å²) in [5.41, 5.74) is 7.29. The first-order valence-electron chi connectivity index (χ1n) is 6.35. The molecule has 2 rings (SSSR count).